The summed E-state index contributed by atoms with van der Waals surface area (Å²) in [5, 5.41) is 10.9. The van der Waals surface area contributed by atoms with Crippen LogP contribution in [0, 0.1) is 13.8 Å². The molecule has 0 radical (unpaired) electrons. The van der Waals surface area contributed by atoms with Gasteiger partial charge in [0.05, 0.1) is 11.9 Å². The van der Waals surface area contributed by atoms with E-state index in [-0.39, 0.29) is 5.91 Å². The van der Waals surface area contributed by atoms with Crippen LogP contribution < -0.4 is 15.6 Å². The minimum absolute atomic E-state index is 0.278. The molecule has 0 aliphatic rings. The summed E-state index contributed by atoms with van der Waals surface area (Å²) in [6, 6.07) is 25.2. The van der Waals surface area contributed by atoms with Crippen LogP contribution in [0.1, 0.15) is 27.3 Å². The maximum absolute atomic E-state index is 12.7. The van der Waals surface area contributed by atoms with Gasteiger partial charge in [-0.2, -0.15) is 5.10 Å². The highest BCUT2D eigenvalue weighted by atomic mass is 35.5. The molecule has 0 saturated heterocycles. The monoisotopic (exact) mass is 568 g/mol. The summed E-state index contributed by atoms with van der Waals surface area (Å²) in [6.45, 7) is 4.10. The van der Waals surface area contributed by atoms with Crippen molar-refractivity contribution in [2.75, 3.05) is 24.3 Å². The number of amides is 1. The zero-order valence-electron chi connectivity index (χ0n) is 22.6. The van der Waals surface area contributed by atoms with E-state index >= 15 is 0 Å². The molecule has 0 aliphatic carbocycles. The van der Waals surface area contributed by atoms with Gasteiger partial charge in [0.15, 0.2) is 5.13 Å². The topological polar surface area (TPSA) is 74.5 Å². The van der Waals surface area contributed by atoms with E-state index < -0.39 is 0 Å². The molecule has 0 atom stereocenters. The van der Waals surface area contributed by atoms with Crippen LogP contribution in [0.5, 0.6) is 0 Å². The summed E-state index contributed by atoms with van der Waals surface area (Å²) in [5.74, 6) is -0.278. The first-order valence-corrected chi connectivity index (χ1v) is 13.9. The molecule has 0 fully saturated rings. The summed E-state index contributed by atoms with van der Waals surface area (Å²) in [7, 11) is 4.05. The number of anilines is 3. The largest absolute Gasteiger partial charge is 0.378 e. The number of aromatic nitrogens is 2. The third-order valence-electron chi connectivity index (χ3n) is 6.51. The third kappa shape index (κ3) is 6.09. The summed E-state index contributed by atoms with van der Waals surface area (Å²) in [6.07, 6.45) is 1.68. The highest BCUT2D eigenvalue weighted by Gasteiger charge is 2.11. The predicted octanol–water partition coefficient (Wildman–Crippen LogP) is 7.44. The smallest absolute Gasteiger partial charge is 0.271 e. The van der Waals surface area contributed by atoms with Crippen molar-refractivity contribution in [2.24, 2.45) is 5.10 Å². The van der Waals surface area contributed by atoms with Crippen molar-refractivity contribution in [3.63, 3.8) is 0 Å². The molecule has 5 aromatic rings. The lowest BCUT2D eigenvalue weighted by Gasteiger charge is -2.14. The number of carbonyl (C=O) groups excluding carboxylic acids is 1. The number of hydrogen-bond donors (Lipinski definition) is 2. The Morgan fingerprint density at radius 2 is 1.70 bits per heavy atom. The van der Waals surface area contributed by atoms with Crippen LogP contribution in [-0.2, 0) is 0 Å². The standard InChI is InChI=1S/C31H29ClN6OS/c1-20-17-24(21(2)38(20)28-15-13-27(14-16-28)37(3)4)18-33-36-30(39)23-7-5-22(6-8-23)29-19-40-31(35-29)34-26-11-9-25(32)10-12-26/h5-19H,1-4H3,(H,34,35)(H,36,39)/b33-18-. The number of halogens is 1. The number of hydrogen-bond acceptors (Lipinski definition) is 6. The van der Waals surface area contributed by atoms with Gasteiger partial charge in [0, 0.05) is 69.6 Å². The molecule has 2 aromatic heterocycles. The molecule has 40 heavy (non-hydrogen) atoms. The average Bonchev–Trinajstić information content (AvgIpc) is 3.53. The van der Waals surface area contributed by atoms with Crippen molar-refractivity contribution in [2.45, 2.75) is 13.8 Å². The van der Waals surface area contributed by atoms with E-state index in [2.05, 4.69) is 67.6 Å². The molecule has 0 bridgehead atoms. The van der Waals surface area contributed by atoms with Gasteiger partial charge < -0.3 is 14.8 Å². The number of hydrazone groups is 1. The quantitative estimate of drug-likeness (QED) is 0.151. The molecular formula is C31H29ClN6OS. The van der Waals surface area contributed by atoms with Gasteiger partial charge in [-0.05, 0) is 80.6 Å². The zero-order valence-corrected chi connectivity index (χ0v) is 24.2. The van der Waals surface area contributed by atoms with Gasteiger partial charge in [-0.3, -0.25) is 4.79 Å². The SMILES string of the molecule is Cc1cc(/C=N\NC(=O)c2ccc(-c3csc(Nc4ccc(Cl)cc4)n3)cc2)c(C)n1-c1ccc(N(C)C)cc1. The number of rotatable bonds is 8. The minimum atomic E-state index is -0.278. The van der Waals surface area contributed by atoms with Gasteiger partial charge in [-0.1, -0.05) is 23.7 Å². The molecule has 5 rings (SSSR count). The summed E-state index contributed by atoms with van der Waals surface area (Å²) >= 11 is 7.47. The molecule has 7 nitrogen and oxygen atoms in total. The second-order valence-electron chi connectivity index (χ2n) is 9.52. The van der Waals surface area contributed by atoms with E-state index in [9.17, 15) is 4.79 Å². The van der Waals surface area contributed by atoms with Gasteiger partial charge >= 0.3 is 0 Å². The first-order valence-electron chi connectivity index (χ1n) is 12.7. The molecule has 2 heterocycles. The van der Waals surface area contributed by atoms with Gasteiger partial charge in [0.25, 0.3) is 5.91 Å². The predicted molar refractivity (Wildman–Crippen MR) is 167 cm³/mol. The van der Waals surface area contributed by atoms with Crippen LogP contribution in [0.15, 0.2) is 89.3 Å². The van der Waals surface area contributed by atoms with Crippen molar-refractivity contribution in [1.29, 1.82) is 0 Å². The zero-order chi connectivity index (χ0) is 28.2. The van der Waals surface area contributed by atoms with Crippen LogP contribution in [0.4, 0.5) is 16.5 Å². The fourth-order valence-corrected chi connectivity index (χ4v) is 5.22. The molecule has 9 heteroatoms. The highest BCUT2D eigenvalue weighted by molar-refractivity contribution is 7.14. The highest BCUT2D eigenvalue weighted by Crippen LogP contribution is 2.28. The molecule has 0 spiro atoms. The maximum atomic E-state index is 12.7. The molecule has 0 aliphatic heterocycles. The van der Waals surface area contributed by atoms with E-state index in [1.807, 2.05) is 62.8 Å². The van der Waals surface area contributed by atoms with Crippen molar-refractivity contribution >= 4 is 51.6 Å². The van der Waals surface area contributed by atoms with Crippen LogP contribution in [0.3, 0.4) is 0 Å². The molecule has 0 unspecified atom stereocenters. The number of nitrogens with zero attached hydrogens (tertiary/aromatic N) is 4. The lowest BCUT2D eigenvalue weighted by molar-refractivity contribution is 0.0955. The van der Waals surface area contributed by atoms with Crippen molar-refractivity contribution in [3.8, 4) is 16.9 Å². The average molecular weight is 569 g/mol. The van der Waals surface area contributed by atoms with Crippen LogP contribution >= 0.6 is 22.9 Å². The fraction of sp³-hybridized carbons (Fsp3) is 0.129. The van der Waals surface area contributed by atoms with Gasteiger partial charge in [-0.25, -0.2) is 10.4 Å². The van der Waals surface area contributed by atoms with Crippen LogP contribution in [0.25, 0.3) is 16.9 Å². The minimum Gasteiger partial charge on any atom is -0.378 e. The number of aryl methyl sites for hydroxylation is 1. The van der Waals surface area contributed by atoms with Crippen molar-refractivity contribution < 1.29 is 4.79 Å². The first kappa shape index (κ1) is 27.2. The Bertz CT molecular complexity index is 1650. The Morgan fingerprint density at radius 1 is 1.00 bits per heavy atom. The van der Waals surface area contributed by atoms with E-state index in [0.29, 0.717) is 10.6 Å². The summed E-state index contributed by atoms with van der Waals surface area (Å²) in [5.41, 5.74) is 11.1. The first-order chi connectivity index (χ1) is 19.3. The third-order valence-corrected chi connectivity index (χ3v) is 7.52. The van der Waals surface area contributed by atoms with Gasteiger partial charge in [0.1, 0.15) is 0 Å². The number of carbonyl (C=O) groups is 1. The lowest BCUT2D eigenvalue weighted by atomic mass is 10.1. The normalized spacial score (nSPS) is 11.1. The summed E-state index contributed by atoms with van der Waals surface area (Å²) < 4.78 is 2.18. The van der Waals surface area contributed by atoms with E-state index in [4.69, 9.17) is 11.6 Å². The van der Waals surface area contributed by atoms with Gasteiger partial charge in [0.2, 0.25) is 0 Å². The maximum Gasteiger partial charge on any atom is 0.271 e. The Labute approximate surface area is 242 Å². The van der Waals surface area contributed by atoms with Gasteiger partial charge in [-0.15, -0.1) is 11.3 Å². The number of benzene rings is 3. The van der Waals surface area contributed by atoms with E-state index in [1.165, 1.54) is 11.3 Å². The number of thiazole rings is 1. The lowest BCUT2D eigenvalue weighted by Crippen LogP contribution is -2.17. The van der Waals surface area contributed by atoms with Crippen molar-refractivity contribution in [1.82, 2.24) is 15.0 Å². The number of nitrogens with one attached hydrogen (secondary N) is 2. The molecule has 0 saturated carbocycles. The van der Waals surface area contributed by atoms with Crippen molar-refractivity contribution in [3.05, 3.63) is 112 Å². The Balaban J connectivity index is 1.21. The van der Waals surface area contributed by atoms with Crippen LogP contribution in [0.2, 0.25) is 5.02 Å². The molecule has 202 valence electrons. The van der Waals surface area contributed by atoms with Crippen LogP contribution in [-0.4, -0.2) is 35.8 Å². The Kier molecular flexibility index (Phi) is 8.00. The Morgan fingerprint density at radius 3 is 2.38 bits per heavy atom. The molecular weight excluding hydrogens is 540 g/mol. The summed E-state index contributed by atoms with van der Waals surface area (Å²) in [4.78, 5) is 19.4. The molecule has 1 amide bonds. The molecule has 3 aromatic carbocycles. The van der Waals surface area contributed by atoms with E-state index in [0.717, 1.165) is 50.4 Å². The Hall–Kier alpha value is -4.40. The fourth-order valence-electron chi connectivity index (χ4n) is 4.35. The second kappa shape index (κ2) is 11.8. The second-order valence-corrected chi connectivity index (χ2v) is 10.8. The van der Waals surface area contributed by atoms with E-state index in [1.54, 1.807) is 18.3 Å². The molecule has 2 N–H and O–H groups in total.